The maximum Gasteiger partial charge on any atom is 0.223 e. The smallest absolute Gasteiger partial charge is 0.223 e. The van der Waals surface area contributed by atoms with Crippen LogP contribution in [0.3, 0.4) is 0 Å². The number of anilines is 1. The first-order valence-corrected chi connectivity index (χ1v) is 6.45. The van der Waals surface area contributed by atoms with Gasteiger partial charge in [-0.25, -0.2) is 4.98 Å². The lowest BCUT2D eigenvalue weighted by Gasteiger charge is -2.06. The summed E-state index contributed by atoms with van der Waals surface area (Å²) in [5, 5.41) is 0. The topological polar surface area (TPSA) is 87.1 Å². The van der Waals surface area contributed by atoms with Gasteiger partial charge in [-0.05, 0) is 31.2 Å². The second kappa shape index (κ2) is 5.62. The second-order valence-corrected chi connectivity index (χ2v) is 4.47. The van der Waals surface area contributed by atoms with Crippen LogP contribution in [0.2, 0.25) is 0 Å². The number of aromatic nitrogens is 3. The van der Waals surface area contributed by atoms with Crippen LogP contribution in [0.15, 0.2) is 47.0 Å². The molecule has 0 fully saturated rings. The van der Waals surface area contributed by atoms with Gasteiger partial charge in [0.1, 0.15) is 18.1 Å². The summed E-state index contributed by atoms with van der Waals surface area (Å²) in [6.07, 6.45) is 1.71. The zero-order chi connectivity index (χ0) is 14.7. The van der Waals surface area contributed by atoms with E-state index in [1.54, 1.807) is 12.3 Å². The van der Waals surface area contributed by atoms with E-state index in [-0.39, 0.29) is 5.95 Å². The van der Waals surface area contributed by atoms with Crippen molar-refractivity contribution in [1.82, 2.24) is 15.0 Å². The molecule has 0 saturated heterocycles. The summed E-state index contributed by atoms with van der Waals surface area (Å²) in [7, 11) is 0. The minimum atomic E-state index is 0.137. The van der Waals surface area contributed by atoms with Crippen LogP contribution < -0.4 is 10.5 Å². The molecule has 0 radical (unpaired) electrons. The summed E-state index contributed by atoms with van der Waals surface area (Å²) in [5.74, 6) is 1.96. The van der Waals surface area contributed by atoms with Gasteiger partial charge in [-0.15, -0.1) is 0 Å². The molecule has 0 aliphatic carbocycles. The Bertz CT molecular complexity index is 740. The van der Waals surface area contributed by atoms with Crippen molar-refractivity contribution in [3.8, 4) is 17.3 Å². The van der Waals surface area contributed by atoms with Gasteiger partial charge < -0.3 is 14.9 Å². The Morgan fingerprint density at radius 3 is 2.81 bits per heavy atom. The Kier molecular flexibility index (Phi) is 3.51. The maximum atomic E-state index is 5.71. The molecule has 21 heavy (non-hydrogen) atoms. The number of pyridine rings is 1. The molecule has 3 aromatic heterocycles. The predicted octanol–water partition coefficient (Wildman–Crippen LogP) is 2.60. The molecule has 3 aromatic rings. The lowest BCUT2D eigenvalue weighted by Crippen LogP contribution is -2.03. The van der Waals surface area contributed by atoms with Crippen molar-refractivity contribution in [2.24, 2.45) is 0 Å². The van der Waals surface area contributed by atoms with Crippen LogP contribution in [-0.2, 0) is 6.61 Å². The molecule has 106 valence electrons. The molecule has 0 amide bonds. The van der Waals surface area contributed by atoms with Crippen LogP contribution in [0.4, 0.5) is 5.95 Å². The first-order chi connectivity index (χ1) is 10.2. The summed E-state index contributed by atoms with van der Waals surface area (Å²) in [6.45, 7) is 2.18. The van der Waals surface area contributed by atoms with E-state index >= 15 is 0 Å². The molecule has 0 aliphatic rings. The van der Waals surface area contributed by atoms with Crippen molar-refractivity contribution in [3.63, 3.8) is 0 Å². The molecule has 0 unspecified atom stereocenters. The largest absolute Gasteiger partial charge is 0.471 e. The van der Waals surface area contributed by atoms with E-state index in [9.17, 15) is 0 Å². The summed E-state index contributed by atoms with van der Waals surface area (Å²) < 4.78 is 11.1. The lowest BCUT2D eigenvalue weighted by molar-refractivity contribution is 0.289. The monoisotopic (exact) mass is 282 g/mol. The zero-order valence-electron chi connectivity index (χ0n) is 11.5. The number of hydrogen-bond donors (Lipinski definition) is 1. The van der Waals surface area contributed by atoms with Crippen molar-refractivity contribution >= 4 is 5.95 Å². The summed E-state index contributed by atoms with van der Waals surface area (Å²) in [6, 6.07) is 11.0. The standard InChI is InChI=1S/C15H14N4O2/c1-10-5-6-13(21-10)12-8-14(19-15(16)18-12)20-9-11-4-2-3-7-17-11/h2-8H,9H2,1H3,(H2,16,18,19). The molecule has 0 spiro atoms. The Balaban J connectivity index is 1.81. The van der Waals surface area contributed by atoms with Gasteiger partial charge >= 0.3 is 0 Å². The highest BCUT2D eigenvalue weighted by Gasteiger charge is 2.09. The molecule has 0 aromatic carbocycles. The van der Waals surface area contributed by atoms with Crippen molar-refractivity contribution in [2.75, 3.05) is 5.73 Å². The van der Waals surface area contributed by atoms with Gasteiger partial charge in [-0.3, -0.25) is 4.98 Å². The van der Waals surface area contributed by atoms with E-state index in [1.165, 1.54) is 0 Å². The van der Waals surface area contributed by atoms with Gasteiger partial charge in [0.05, 0.1) is 5.69 Å². The van der Waals surface area contributed by atoms with Gasteiger partial charge in [0.25, 0.3) is 0 Å². The molecule has 6 heteroatoms. The second-order valence-electron chi connectivity index (χ2n) is 4.47. The maximum absolute atomic E-state index is 5.71. The molecule has 0 aliphatic heterocycles. The first-order valence-electron chi connectivity index (χ1n) is 6.45. The molecule has 0 bridgehead atoms. The van der Waals surface area contributed by atoms with Gasteiger partial charge in [-0.2, -0.15) is 4.98 Å². The predicted molar refractivity (Wildman–Crippen MR) is 77.5 cm³/mol. The molecule has 2 N–H and O–H groups in total. The number of hydrogen-bond acceptors (Lipinski definition) is 6. The number of nitrogens with two attached hydrogens (primary N) is 1. The third kappa shape index (κ3) is 3.17. The molecular formula is C15H14N4O2. The summed E-state index contributed by atoms with van der Waals surface area (Å²) in [5.41, 5.74) is 7.11. The quantitative estimate of drug-likeness (QED) is 0.791. The summed E-state index contributed by atoms with van der Waals surface area (Å²) in [4.78, 5) is 12.4. The molecule has 3 heterocycles. The van der Waals surface area contributed by atoms with Gasteiger partial charge in [0.2, 0.25) is 11.8 Å². The Morgan fingerprint density at radius 1 is 1.19 bits per heavy atom. The fraction of sp³-hybridized carbons (Fsp3) is 0.133. The fourth-order valence-electron chi connectivity index (χ4n) is 1.85. The van der Waals surface area contributed by atoms with Crippen LogP contribution in [0.5, 0.6) is 5.88 Å². The van der Waals surface area contributed by atoms with E-state index in [0.717, 1.165) is 11.5 Å². The minimum absolute atomic E-state index is 0.137. The van der Waals surface area contributed by atoms with E-state index in [0.29, 0.717) is 23.9 Å². The van der Waals surface area contributed by atoms with Crippen molar-refractivity contribution in [1.29, 1.82) is 0 Å². The van der Waals surface area contributed by atoms with E-state index in [4.69, 9.17) is 14.9 Å². The Labute approximate surface area is 121 Å². The Morgan fingerprint density at radius 2 is 2.10 bits per heavy atom. The third-order valence-corrected chi connectivity index (χ3v) is 2.81. The SMILES string of the molecule is Cc1ccc(-c2cc(OCc3ccccn3)nc(N)n2)o1. The number of rotatable bonds is 4. The van der Waals surface area contributed by atoms with Crippen LogP contribution in [-0.4, -0.2) is 15.0 Å². The minimum Gasteiger partial charge on any atom is -0.471 e. The number of aryl methyl sites for hydroxylation is 1. The van der Waals surface area contributed by atoms with Crippen LogP contribution >= 0.6 is 0 Å². The number of furan rings is 1. The average Bonchev–Trinajstić information content (AvgIpc) is 2.92. The van der Waals surface area contributed by atoms with Crippen molar-refractivity contribution in [2.45, 2.75) is 13.5 Å². The molecule has 3 rings (SSSR count). The fourth-order valence-corrected chi connectivity index (χ4v) is 1.85. The molecule has 0 saturated carbocycles. The van der Waals surface area contributed by atoms with Crippen LogP contribution in [0.25, 0.3) is 11.5 Å². The highest BCUT2D eigenvalue weighted by atomic mass is 16.5. The van der Waals surface area contributed by atoms with E-state index in [2.05, 4.69) is 15.0 Å². The van der Waals surface area contributed by atoms with E-state index < -0.39 is 0 Å². The van der Waals surface area contributed by atoms with E-state index in [1.807, 2.05) is 37.3 Å². The van der Waals surface area contributed by atoms with Gasteiger partial charge in [-0.1, -0.05) is 6.07 Å². The zero-order valence-corrected chi connectivity index (χ0v) is 11.5. The highest BCUT2D eigenvalue weighted by Crippen LogP contribution is 2.24. The first kappa shape index (κ1) is 13.1. The Hall–Kier alpha value is -2.89. The van der Waals surface area contributed by atoms with Crippen molar-refractivity contribution < 1.29 is 9.15 Å². The normalized spacial score (nSPS) is 10.5. The number of nitrogen functional groups attached to an aromatic ring is 1. The summed E-state index contributed by atoms with van der Waals surface area (Å²) >= 11 is 0. The van der Waals surface area contributed by atoms with Crippen molar-refractivity contribution in [3.05, 3.63) is 54.0 Å². The van der Waals surface area contributed by atoms with Gasteiger partial charge in [0, 0.05) is 12.3 Å². The molecular weight excluding hydrogens is 268 g/mol. The third-order valence-electron chi connectivity index (χ3n) is 2.81. The van der Waals surface area contributed by atoms with Crippen LogP contribution in [0.1, 0.15) is 11.5 Å². The van der Waals surface area contributed by atoms with Gasteiger partial charge in [0.15, 0.2) is 5.76 Å². The highest BCUT2D eigenvalue weighted by molar-refractivity contribution is 5.55. The average molecular weight is 282 g/mol. The van der Waals surface area contributed by atoms with Crippen LogP contribution in [0, 0.1) is 6.92 Å². The lowest BCUT2D eigenvalue weighted by atomic mass is 10.3. The number of ether oxygens (including phenoxy) is 1. The molecule has 0 atom stereocenters. The number of nitrogens with zero attached hydrogens (tertiary/aromatic N) is 3. The molecule has 6 nitrogen and oxygen atoms in total.